The summed E-state index contributed by atoms with van der Waals surface area (Å²) in [4.78, 5) is 27.2. The fourth-order valence-electron chi connectivity index (χ4n) is 1.73. The van der Waals surface area contributed by atoms with E-state index < -0.39 is 17.7 Å². The molecule has 22 heavy (non-hydrogen) atoms. The lowest BCUT2D eigenvalue weighted by molar-refractivity contribution is 0.251. The molecule has 0 atom stereocenters. The van der Waals surface area contributed by atoms with Crippen LogP contribution in [0.4, 0.5) is 19.3 Å². The molecule has 0 unspecified atom stereocenters. The summed E-state index contributed by atoms with van der Waals surface area (Å²) < 4.78 is 27.4. The molecule has 2 rings (SSSR count). The summed E-state index contributed by atoms with van der Waals surface area (Å²) >= 11 is 0. The topological polar surface area (TPSA) is 76.0 Å². The first kappa shape index (κ1) is 15.6. The highest BCUT2D eigenvalue weighted by Gasteiger charge is 2.07. The van der Waals surface area contributed by atoms with Crippen LogP contribution in [-0.2, 0) is 6.54 Å². The Bertz CT molecular complexity index is 746. The number of nitrogens with one attached hydrogen (secondary N) is 2. The minimum absolute atomic E-state index is 0.131. The number of hydrogen-bond acceptors (Lipinski definition) is 3. The number of aryl methyl sites for hydroxylation is 1. The quantitative estimate of drug-likeness (QED) is 0.902. The van der Waals surface area contributed by atoms with Crippen LogP contribution in [0.1, 0.15) is 5.69 Å². The summed E-state index contributed by atoms with van der Waals surface area (Å²) in [6.45, 7) is 2.08. The van der Waals surface area contributed by atoms with Crippen LogP contribution in [-0.4, -0.2) is 22.1 Å². The van der Waals surface area contributed by atoms with Gasteiger partial charge in [-0.25, -0.2) is 18.6 Å². The third kappa shape index (κ3) is 4.11. The molecule has 116 valence electrons. The molecule has 0 saturated heterocycles. The maximum Gasteiger partial charge on any atom is 0.319 e. The van der Waals surface area contributed by atoms with E-state index in [2.05, 4.69) is 15.6 Å². The van der Waals surface area contributed by atoms with Crippen molar-refractivity contribution >= 4 is 11.7 Å². The average molecular weight is 308 g/mol. The zero-order valence-corrected chi connectivity index (χ0v) is 11.8. The van der Waals surface area contributed by atoms with Gasteiger partial charge in [-0.2, -0.15) is 0 Å². The van der Waals surface area contributed by atoms with E-state index in [9.17, 15) is 18.4 Å². The molecule has 0 aliphatic carbocycles. The van der Waals surface area contributed by atoms with Gasteiger partial charge in [-0.1, -0.05) is 0 Å². The number of rotatable bonds is 4. The van der Waals surface area contributed by atoms with Gasteiger partial charge in [0, 0.05) is 30.9 Å². The highest BCUT2D eigenvalue weighted by molar-refractivity contribution is 5.89. The van der Waals surface area contributed by atoms with Crippen LogP contribution >= 0.6 is 0 Å². The normalized spacial score (nSPS) is 10.3. The Labute approximate surface area is 124 Å². The Hall–Kier alpha value is -2.77. The molecule has 0 spiro atoms. The first-order valence-electron chi connectivity index (χ1n) is 6.48. The van der Waals surface area contributed by atoms with Crippen molar-refractivity contribution in [2.75, 3.05) is 11.9 Å². The van der Waals surface area contributed by atoms with Gasteiger partial charge in [0.1, 0.15) is 11.6 Å². The molecule has 0 radical (unpaired) electrons. The molecule has 1 aromatic heterocycles. The summed E-state index contributed by atoms with van der Waals surface area (Å²) in [5.41, 5.74) is 0.256. The number of amides is 2. The standard InChI is InChI=1S/C14H14F2N4O2/c1-9-6-13(21)20(8-18-9)5-4-17-14(22)19-12-3-2-10(15)7-11(12)16/h2-3,6-8H,4-5H2,1H3,(H2,17,19,22). The second kappa shape index (κ2) is 6.79. The molecule has 6 nitrogen and oxygen atoms in total. The van der Waals surface area contributed by atoms with Crippen LogP contribution in [0.3, 0.4) is 0 Å². The molecule has 1 aromatic carbocycles. The maximum atomic E-state index is 13.4. The van der Waals surface area contributed by atoms with Crippen molar-refractivity contribution < 1.29 is 13.6 Å². The zero-order chi connectivity index (χ0) is 16.1. The van der Waals surface area contributed by atoms with Crippen LogP contribution in [0.5, 0.6) is 0 Å². The minimum atomic E-state index is -0.867. The lowest BCUT2D eigenvalue weighted by Gasteiger charge is -2.09. The highest BCUT2D eigenvalue weighted by Crippen LogP contribution is 2.14. The maximum absolute atomic E-state index is 13.4. The first-order chi connectivity index (χ1) is 10.5. The SMILES string of the molecule is Cc1cc(=O)n(CCNC(=O)Nc2ccc(F)cc2F)cn1. The van der Waals surface area contributed by atoms with Gasteiger partial charge in [0.2, 0.25) is 0 Å². The zero-order valence-electron chi connectivity index (χ0n) is 11.8. The summed E-state index contributed by atoms with van der Waals surface area (Å²) in [7, 11) is 0. The van der Waals surface area contributed by atoms with Gasteiger partial charge in [-0.3, -0.25) is 9.36 Å². The number of halogens is 2. The molecule has 0 fully saturated rings. The second-order valence-corrected chi connectivity index (χ2v) is 4.57. The first-order valence-corrected chi connectivity index (χ1v) is 6.48. The minimum Gasteiger partial charge on any atom is -0.336 e. The van der Waals surface area contributed by atoms with Crippen molar-refractivity contribution in [3.8, 4) is 0 Å². The third-order valence-corrected chi connectivity index (χ3v) is 2.83. The average Bonchev–Trinajstić information content (AvgIpc) is 2.44. The summed E-state index contributed by atoms with van der Waals surface area (Å²) in [5.74, 6) is -1.59. The molecule has 0 aliphatic heterocycles. The van der Waals surface area contributed by atoms with Crippen molar-refractivity contribution in [3.63, 3.8) is 0 Å². The molecule has 0 aliphatic rings. The van der Waals surface area contributed by atoms with Crippen LogP contribution < -0.4 is 16.2 Å². The number of aromatic nitrogens is 2. The summed E-state index contributed by atoms with van der Waals surface area (Å²) in [5, 5.41) is 4.72. The van der Waals surface area contributed by atoms with Crippen LogP contribution in [0.25, 0.3) is 0 Å². The van der Waals surface area contributed by atoms with E-state index in [0.717, 1.165) is 12.1 Å². The molecule has 2 amide bonds. The molecule has 0 bridgehead atoms. The number of carbonyl (C=O) groups is 1. The molecule has 1 heterocycles. The van der Waals surface area contributed by atoms with Gasteiger partial charge in [0.15, 0.2) is 0 Å². The van der Waals surface area contributed by atoms with E-state index in [1.165, 1.54) is 17.0 Å². The van der Waals surface area contributed by atoms with Gasteiger partial charge in [-0.05, 0) is 19.1 Å². The number of benzene rings is 1. The number of nitrogens with zero attached hydrogens (tertiary/aromatic N) is 2. The lowest BCUT2D eigenvalue weighted by Crippen LogP contribution is -2.34. The van der Waals surface area contributed by atoms with E-state index in [1.54, 1.807) is 6.92 Å². The van der Waals surface area contributed by atoms with Crippen molar-refractivity contribution in [2.45, 2.75) is 13.5 Å². The van der Waals surface area contributed by atoms with E-state index in [4.69, 9.17) is 0 Å². The molecule has 2 N–H and O–H groups in total. The van der Waals surface area contributed by atoms with E-state index in [0.29, 0.717) is 11.8 Å². The summed E-state index contributed by atoms with van der Waals surface area (Å²) in [6, 6.07) is 3.56. The van der Waals surface area contributed by atoms with Gasteiger partial charge in [-0.15, -0.1) is 0 Å². The van der Waals surface area contributed by atoms with Crippen molar-refractivity contribution in [2.24, 2.45) is 0 Å². The monoisotopic (exact) mass is 308 g/mol. The van der Waals surface area contributed by atoms with Gasteiger partial charge >= 0.3 is 6.03 Å². The fourth-order valence-corrected chi connectivity index (χ4v) is 1.73. The van der Waals surface area contributed by atoms with Gasteiger partial charge < -0.3 is 10.6 Å². The van der Waals surface area contributed by atoms with Crippen LogP contribution in [0, 0.1) is 18.6 Å². The van der Waals surface area contributed by atoms with Gasteiger partial charge in [0.05, 0.1) is 12.0 Å². The Kier molecular flexibility index (Phi) is 4.82. The number of carbonyl (C=O) groups excluding carboxylic acids is 1. The Morgan fingerprint density at radius 1 is 1.32 bits per heavy atom. The largest absolute Gasteiger partial charge is 0.336 e. The molecule has 2 aromatic rings. The Morgan fingerprint density at radius 2 is 2.09 bits per heavy atom. The Balaban J connectivity index is 1.86. The van der Waals surface area contributed by atoms with E-state index in [1.807, 2.05) is 0 Å². The predicted octanol–water partition coefficient (Wildman–Crippen LogP) is 1.65. The molecule has 8 heteroatoms. The molecular formula is C14H14F2N4O2. The van der Waals surface area contributed by atoms with Crippen molar-refractivity contribution in [3.05, 3.63) is 58.3 Å². The number of urea groups is 1. The number of hydrogen-bond donors (Lipinski definition) is 2. The van der Waals surface area contributed by atoms with Crippen LogP contribution in [0.15, 0.2) is 35.4 Å². The summed E-state index contributed by atoms with van der Waals surface area (Å²) in [6.07, 6.45) is 1.39. The number of anilines is 1. The fraction of sp³-hybridized carbons (Fsp3) is 0.214. The molecular weight excluding hydrogens is 294 g/mol. The predicted molar refractivity (Wildman–Crippen MR) is 76.6 cm³/mol. The van der Waals surface area contributed by atoms with E-state index >= 15 is 0 Å². The Morgan fingerprint density at radius 3 is 2.77 bits per heavy atom. The van der Waals surface area contributed by atoms with Gasteiger partial charge in [0.25, 0.3) is 5.56 Å². The lowest BCUT2D eigenvalue weighted by atomic mass is 10.3. The van der Waals surface area contributed by atoms with Crippen LogP contribution in [0.2, 0.25) is 0 Å². The van der Waals surface area contributed by atoms with E-state index in [-0.39, 0.29) is 24.3 Å². The van der Waals surface area contributed by atoms with Crippen molar-refractivity contribution in [1.29, 1.82) is 0 Å². The molecule has 0 saturated carbocycles. The van der Waals surface area contributed by atoms with Crippen molar-refractivity contribution in [1.82, 2.24) is 14.9 Å². The third-order valence-electron chi connectivity index (χ3n) is 2.83. The second-order valence-electron chi connectivity index (χ2n) is 4.57. The highest BCUT2D eigenvalue weighted by atomic mass is 19.1. The smallest absolute Gasteiger partial charge is 0.319 e.